The molecule has 5 nitrogen and oxygen atoms in total. The van der Waals surface area contributed by atoms with E-state index in [1.807, 2.05) is 0 Å². The van der Waals surface area contributed by atoms with Gasteiger partial charge in [0.15, 0.2) is 15.6 Å². The maximum absolute atomic E-state index is 12.7. The van der Waals surface area contributed by atoms with Gasteiger partial charge < -0.3 is 0 Å². The first-order chi connectivity index (χ1) is 11.1. The van der Waals surface area contributed by atoms with Crippen LogP contribution in [0.3, 0.4) is 0 Å². The van der Waals surface area contributed by atoms with Crippen molar-refractivity contribution < 1.29 is 13.2 Å². The molecule has 0 fully saturated rings. The van der Waals surface area contributed by atoms with Gasteiger partial charge in [0.2, 0.25) is 0 Å². The van der Waals surface area contributed by atoms with E-state index in [0.717, 1.165) is 6.26 Å². The van der Waals surface area contributed by atoms with Crippen molar-refractivity contribution in [2.75, 3.05) is 6.26 Å². The van der Waals surface area contributed by atoms with E-state index in [1.54, 1.807) is 19.2 Å². The van der Waals surface area contributed by atoms with E-state index in [1.165, 1.54) is 12.1 Å². The Morgan fingerprint density at radius 2 is 2.00 bits per heavy atom. The topological polar surface area (TPSA) is 77.0 Å². The zero-order valence-electron chi connectivity index (χ0n) is 12.8. The molecular formula is C15H13BrCl2N2O3S. The fourth-order valence-electron chi connectivity index (χ4n) is 2.10. The number of carbonyl (C=O) groups is 1. The van der Waals surface area contributed by atoms with Crippen molar-refractivity contribution in [1.29, 1.82) is 0 Å². The average Bonchev–Trinajstić information content (AvgIpc) is 2.47. The highest BCUT2D eigenvalue weighted by Gasteiger charge is 2.25. The highest BCUT2D eigenvalue weighted by molar-refractivity contribution is 9.09. The lowest BCUT2D eigenvalue weighted by Crippen LogP contribution is -2.12. The molecule has 24 heavy (non-hydrogen) atoms. The summed E-state index contributed by atoms with van der Waals surface area (Å²) in [5, 5.41) is 0.310. The van der Waals surface area contributed by atoms with Crippen molar-refractivity contribution in [2.24, 2.45) is 0 Å². The number of aromatic nitrogens is 2. The minimum atomic E-state index is -3.32. The second-order valence-electron chi connectivity index (χ2n) is 5.25. The minimum Gasteiger partial charge on any atom is -0.292 e. The number of carbonyl (C=O) groups excluding carboxylic acids is 1. The van der Waals surface area contributed by atoms with Crippen molar-refractivity contribution >= 4 is 54.8 Å². The van der Waals surface area contributed by atoms with Crippen LogP contribution in [-0.4, -0.2) is 30.4 Å². The van der Waals surface area contributed by atoms with Gasteiger partial charge in [-0.05, 0) is 30.7 Å². The molecular weight excluding hydrogens is 439 g/mol. The van der Waals surface area contributed by atoms with E-state index in [4.69, 9.17) is 23.2 Å². The maximum atomic E-state index is 12.7. The molecule has 1 aromatic carbocycles. The second kappa shape index (κ2) is 7.47. The lowest BCUT2D eigenvalue weighted by atomic mass is 10.0. The molecule has 0 spiro atoms. The van der Waals surface area contributed by atoms with E-state index in [-0.39, 0.29) is 32.7 Å². The number of rotatable bonds is 5. The Labute approximate surface area is 158 Å². The molecule has 2 aromatic rings. The number of sulfone groups is 1. The van der Waals surface area contributed by atoms with Gasteiger partial charge in [0.1, 0.15) is 10.7 Å². The van der Waals surface area contributed by atoms with Gasteiger partial charge >= 0.3 is 0 Å². The molecule has 1 aromatic heterocycles. The molecule has 0 aliphatic carbocycles. The monoisotopic (exact) mass is 450 g/mol. The number of hydrogen-bond acceptors (Lipinski definition) is 5. The van der Waals surface area contributed by atoms with Crippen LogP contribution in [0.15, 0.2) is 24.4 Å². The SMILES string of the molecule is Cc1nccc(C(Br)C(=O)c2cc(Cl)cc(CS(C)(=O)=O)c2Cl)n1. The van der Waals surface area contributed by atoms with Crippen molar-refractivity contribution in [2.45, 2.75) is 17.5 Å². The predicted octanol–water partition coefficient (Wildman–Crippen LogP) is 3.96. The molecule has 128 valence electrons. The summed E-state index contributed by atoms with van der Waals surface area (Å²) < 4.78 is 23.1. The number of benzene rings is 1. The average molecular weight is 452 g/mol. The van der Waals surface area contributed by atoms with Crippen LogP contribution in [0.1, 0.15) is 32.3 Å². The molecule has 1 unspecified atom stereocenters. The van der Waals surface area contributed by atoms with E-state index in [9.17, 15) is 13.2 Å². The fraction of sp³-hybridized carbons (Fsp3) is 0.267. The molecule has 0 aliphatic heterocycles. The summed E-state index contributed by atoms with van der Waals surface area (Å²) in [6.07, 6.45) is 2.64. The molecule has 0 amide bonds. The highest BCUT2D eigenvalue weighted by atomic mass is 79.9. The standard InChI is InChI=1S/C15H13BrCl2N2O3S/c1-8-19-4-3-12(20-8)13(16)15(21)11-6-10(17)5-9(14(11)18)7-24(2,22)23/h3-6,13H,7H2,1-2H3. The van der Waals surface area contributed by atoms with Gasteiger partial charge in [-0.3, -0.25) is 4.79 Å². The first-order valence-electron chi connectivity index (χ1n) is 6.72. The van der Waals surface area contributed by atoms with Gasteiger partial charge in [0.25, 0.3) is 0 Å². The summed E-state index contributed by atoms with van der Waals surface area (Å²) in [7, 11) is -3.32. The van der Waals surface area contributed by atoms with Crippen LogP contribution in [0.5, 0.6) is 0 Å². The van der Waals surface area contributed by atoms with Crippen LogP contribution >= 0.6 is 39.1 Å². The molecule has 2 rings (SSSR count). The highest BCUT2D eigenvalue weighted by Crippen LogP contribution is 2.33. The number of aryl methyl sites for hydroxylation is 1. The third-order valence-corrected chi connectivity index (χ3v) is 5.47. The lowest BCUT2D eigenvalue weighted by Gasteiger charge is -2.13. The van der Waals surface area contributed by atoms with Crippen molar-refractivity contribution in [3.05, 3.63) is 57.1 Å². The van der Waals surface area contributed by atoms with E-state index >= 15 is 0 Å². The van der Waals surface area contributed by atoms with E-state index in [0.29, 0.717) is 11.5 Å². The van der Waals surface area contributed by atoms with Gasteiger partial charge in [-0.15, -0.1) is 0 Å². The summed E-state index contributed by atoms with van der Waals surface area (Å²) >= 11 is 15.6. The number of hydrogen-bond donors (Lipinski definition) is 0. The summed E-state index contributed by atoms with van der Waals surface area (Å²) in [6.45, 7) is 1.71. The molecule has 9 heteroatoms. The first kappa shape index (κ1) is 19.3. The Balaban J connectivity index is 2.46. The molecule has 0 bridgehead atoms. The van der Waals surface area contributed by atoms with Crippen LogP contribution in [0, 0.1) is 6.92 Å². The molecule has 0 N–H and O–H groups in total. The largest absolute Gasteiger partial charge is 0.292 e. The van der Waals surface area contributed by atoms with Gasteiger partial charge in [0.05, 0.1) is 16.5 Å². The quantitative estimate of drug-likeness (QED) is 0.507. The molecule has 0 aliphatic rings. The van der Waals surface area contributed by atoms with Crippen molar-refractivity contribution in [3.8, 4) is 0 Å². The van der Waals surface area contributed by atoms with Crippen molar-refractivity contribution in [1.82, 2.24) is 9.97 Å². The van der Waals surface area contributed by atoms with E-state index < -0.39 is 14.7 Å². The van der Waals surface area contributed by atoms with Crippen LogP contribution in [0.25, 0.3) is 0 Å². The molecule has 0 radical (unpaired) electrons. The summed E-state index contributed by atoms with van der Waals surface area (Å²) in [4.78, 5) is 20.2. The third-order valence-electron chi connectivity index (χ3n) is 3.08. The van der Waals surface area contributed by atoms with Crippen LogP contribution in [-0.2, 0) is 15.6 Å². The maximum Gasteiger partial charge on any atom is 0.184 e. The Morgan fingerprint density at radius 3 is 2.58 bits per heavy atom. The summed E-state index contributed by atoms with van der Waals surface area (Å²) in [5.74, 6) is -0.137. The predicted molar refractivity (Wildman–Crippen MR) is 97.8 cm³/mol. The van der Waals surface area contributed by atoms with E-state index in [2.05, 4.69) is 25.9 Å². The Morgan fingerprint density at radius 1 is 1.33 bits per heavy atom. The zero-order chi connectivity index (χ0) is 18.1. The van der Waals surface area contributed by atoms with Gasteiger partial charge in [-0.2, -0.15) is 0 Å². The third kappa shape index (κ3) is 4.75. The van der Waals surface area contributed by atoms with Crippen LogP contribution in [0.4, 0.5) is 0 Å². The number of halogens is 3. The van der Waals surface area contributed by atoms with Gasteiger partial charge in [-0.25, -0.2) is 18.4 Å². The van der Waals surface area contributed by atoms with Crippen LogP contribution in [0.2, 0.25) is 10.0 Å². The fourth-order valence-corrected chi connectivity index (χ4v) is 3.98. The van der Waals surface area contributed by atoms with Gasteiger partial charge in [-0.1, -0.05) is 39.1 Å². The number of alkyl halides is 1. The number of Topliss-reactive ketones (excluding diaryl/α,β-unsaturated/α-hetero) is 1. The lowest BCUT2D eigenvalue weighted by molar-refractivity contribution is 0.0990. The van der Waals surface area contributed by atoms with Crippen molar-refractivity contribution in [3.63, 3.8) is 0 Å². The Hall–Kier alpha value is -1.02. The number of nitrogens with zero attached hydrogens (tertiary/aromatic N) is 2. The smallest absolute Gasteiger partial charge is 0.184 e. The Kier molecular flexibility index (Phi) is 6.01. The molecule has 0 saturated carbocycles. The molecule has 1 heterocycles. The molecule has 1 atom stereocenters. The summed E-state index contributed by atoms with van der Waals surface area (Å²) in [6, 6.07) is 4.47. The molecule has 0 saturated heterocycles. The zero-order valence-corrected chi connectivity index (χ0v) is 16.7. The Bertz CT molecular complexity index is 904. The van der Waals surface area contributed by atoms with Gasteiger partial charge in [0, 0.05) is 23.0 Å². The number of ketones is 1. The first-order valence-corrected chi connectivity index (χ1v) is 10.4. The minimum absolute atomic E-state index is 0.0741. The van der Waals surface area contributed by atoms with Crippen LogP contribution < -0.4 is 0 Å². The normalized spacial score (nSPS) is 12.9. The summed E-state index contributed by atoms with van der Waals surface area (Å²) in [5.41, 5.74) is 0.905. The second-order valence-corrected chi connectivity index (χ2v) is 9.12.